The molecule has 0 aliphatic carbocycles. The van der Waals surface area contributed by atoms with Gasteiger partial charge in [0.1, 0.15) is 13.2 Å². The van der Waals surface area contributed by atoms with Crippen LogP contribution >= 0.6 is 7.82 Å². The zero-order chi connectivity index (χ0) is 48.5. The van der Waals surface area contributed by atoms with Crippen LogP contribution in [-0.4, -0.2) is 68.5 Å². The number of quaternary nitrogens is 1. The van der Waals surface area contributed by atoms with E-state index >= 15 is 0 Å². The van der Waals surface area contributed by atoms with Gasteiger partial charge in [-0.25, -0.2) is 0 Å². The fourth-order valence-electron chi connectivity index (χ4n) is 6.85. The Morgan fingerprint density at radius 1 is 0.545 bits per heavy atom. The van der Waals surface area contributed by atoms with Gasteiger partial charge in [0, 0.05) is 6.42 Å². The Morgan fingerprint density at radius 2 is 0.939 bits per heavy atom. The van der Waals surface area contributed by atoms with Gasteiger partial charge in [-0.05, 0) is 89.9 Å². The summed E-state index contributed by atoms with van der Waals surface area (Å²) in [7, 11) is 1.21. The maximum absolute atomic E-state index is 12.9. The first-order valence-electron chi connectivity index (χ1n) is 26.2. The molecule has 3 atom stereocenters. The predicted octanol–water partition coefficient (Wildman–Crippen LogP) is 15.0. The molecule has 9 heteroatoms. The molecule has 0 aromatic heterocycles. The van der Waals surface area contributed by atoms with Gasteiger partial charge in [-0.3, -0.25) is 9.36 Å². The lowest BCUT2D eigenvalue weighted by molar-refractivity contribution is -0.870. The van der Waals surface area contributed by atoms with Crippen molar-refractivity contribution in [2.45, 2.75) is 206 Å². The third-order valence-electron chi connectivity index (χ3n) is 11.0. The van der Waals surface area contributed by atoms with Crippen LogP contribution in [0.5, 0.6) is 0 Å². The third-order valence-corrected chi connectivity index (χ3v) is 11.9. The third kappa shape index (κ3) is 49.1. The van der Waals surface area contributed by atoms with Crippen molar-refractivity contribution in [2.24, 2.45) is 0 Å². The molecule has 0 aromatic rings. The Morgan fingerprint density at radius 3 is 1.41 bits per heavy atom. The molecular formula is C57H99N2O6P. The molecule has 0 saturated carbocycles. The smallest absolute Gasteiger partial charge is 0.268 e. The minimum Gasteiger partial charge on any atom is -0.756 e. The lowest BCUT2D eigenvalue weighted by Crippen LogP contribution is -2.45. The summed E-state index contributed by atoms with van der Waals surface area (Å²) < 4.78 is 23.3. The molecule has 1 amide bonds. The van der Waals surface area contributed by atoms with E-state index in [4.69, 9.17) is 9.05 Å². The maximum Gasteiger partial charge on any atom is 0.268 e. The van der Waals surface area contributed by atoms with Crippen LogP contribution in [0.25, 0.3) is 0 Å². The summed E-state index contributed by atoms with van der Waals surface area (Å²) >= 11 is 0. The number of unbranched alkanes of at least 4 members (excludes halogenated alkanes) is 17. The van der Waals surface area contributed by atoms with Crippen molar-refractivity contribution in [3.8, 4) is 0 Å². The predicted molar refractivity (Wildman–Crippen MR) is 283 cm³/mol. The topological polar surface area (TPSA) is 108 Å². The van der Waals surface area contributed by atoms with Crippen LogP contribution in [0.3, 0.4) is 0 Å². The number of carbonyl (C=O) groups excluding carboxylic acids is 1. The van der Waals surface area contributed by atoms with Crippen molar-refractivity contribution >= 4 is 13.7 Å². The van der Waals surface area contributed by atoms with Gasteiger partial charge < -0.3 is 28.8 Å². The molecule has 0 rings (SSSR count). The number of phosphoric acid groups is 1. The second-order valence-corrected chi connectivity index (χ2v) is 19.9. The number of carbonyl (C=O) groups is 1. The van der Waals surface area contributed by atoms with E-state index in [-0.39, 0.29) is 12.5 Å². The number of aliphatic hydroxyl groups excluding tert-OH is 1. The number of likely N-dealkylation sites (N-methyl/N-ethyl adjacent to an activating group) is 1. The van der Waals surface area contributed by atoms with Crippen molar-refractivity contribution < 1.29 is 32.9 Å². The molecule has 8 nitrogen and oxygen atoms in total. The molecule has 0 bridgehead atoms. The second-order valence-electron chi connectivity index (χ2n) is 18.5. The van der Waals surface area contributed by atoms with Crippen LogP contribution in [0.2, 0.25) is 0 Å². The molecule has 66 heavy (non-hydrogen) atoms. The van der Waals surface area contributed by atoms with Crippen LogP contribution in [0.1, 0.15) is 194 Å². The highest BCUT2D eigenvalue weighted by Crippen LogP contribution is 2.38. The highest BCUT2D eigenvalue weighted by molar-refractivity contribution is 7.45. The number of nitrogens with one attached hydrogen (secondary N) is 1. The Kier molecular flexibility index (Phi) is 45.2. The van der Waals surface area contributed by atoms with Crippen molar-refractivity contribution in [1.82, 2.24) is 5.32 Å². The number of allylic oxidation sites excluding steroid dienone is 17. The van der Waals surface area contributed by atoms with Gasteiger partial charge in [-0.15, -0.1) is 0 Å². The monoisotopic (exact) mass is 939 g/mol. The Bertz CT molecular complexity index is 1440. The lowest BCUT2D eigenvalue weighted by Gasteiger charge is -2.29. The van der Waals surface area contributed by atoms with E-state index in [2.05, 4.69) is 116 Å². The summed E-state index contributed by atoms with van der Waals surface area (Å²) in [6.07, 6.45) is 68.6. The molecule has 0 spiro atoms. The van der Waals surface area contributed by atoms with E-state index in [0.29, 0.717) is 17.4 Å². The molecule has 0 radical (unpaired) electrons. The molecule has 0 saturated heterocycles. The first-order chi connectivity index (χ1) is 32.0. The van der Waals surface area contributed by atoms with E-state index in [1.165, 1.54) is 70.6 Å². The van der Waals surface area contributed by atoms with Crippen molar-refractivity contribution in [2.75, 3.05) is 40.9 Å². The zero-order valence-electron chi connectivity index (χ0n) is 42.9. The highest BCUT2D eigenvalue weighted by atomic mass is 31.2. The minimum absolute atomic E-state index is 0.0167. The number of nitrogens with zero attached hydrogens (tertiary/aromatic N) is 1. The average Bonchev–Trinajstić information content (AvgIpc) is 3.28. The second kappa shape index (κ2) is 47.2. The van der Waals surface area contributed by atoms with Crippen LogP contribution < -0.4 is 10.2 Å². The first kappa shape index (κ1) is 63.2. The summed E-state index contributed by atoms with van der Waals surface area (Å²) in [5.74, 6) is -0.231. The van der Waals surface area contributed by atoms with Gasteiger partial charge in [-0.2, -0.15) is 0 Å². The molecule has 0 heterocycles. The number of hydrogen-bond donors (Lipinski definition) is 2. The molecule has 0 fully saturated rings. The fourth-order valence-corrected chi connectivity index (χ4v) is 7.58. The van der Waals surface area contributed by atoms with Gasteiger partial charge in [0.05, 0.1) is 39.9 Å². The average molecular weight is 939 g/mol. The van der Waals surface area contributed by atoms with Crippen LogP contribution in [0.4, 0.5) is 0 Å². The van der Waals surface area contributed by atoms with E-state index in [0.717, 1.165) is 103 Å². The fraction of sp³-hybridized carbons (Fsp3) is 0.667. The Hall–Kier alpha value is -2.84. The van der Waals surface area contributed by atoms with Gasteiger partial charge in [-0.1, -0.05) is 207 Å². The summed E-state index contributed by atoms with van der Waals surface area (Å²) in [5.41, 5.74) is 0. The molecule has 0 aromatic carbocycles. The highest BCUT2D eigenvalue weighted by Gasteiger charge is 2.23. The normalized spacial score (nSPS) is 15.0. The van der Waals surface area contributed by atoms with E-state index in [1.54, 1.807) is 6.08 Å². The number of hydrogen-bond acceptors (Lipinski definition) is 6. The SMILES string of the molecule is CC/C=C\C/C=C\C/C=C\C/C=C\C/C=C\C/C=C\C/C=C\CCCCCCCC(=O)NC(COP(=O)([O-])OCC[N+](C)(C)C)C(O)/C=C/CC/C=C/CCCCCCCCCCCCC. The quantitative estimate of drug-likeness (QED) is 0.0272. The number of rotatable bonds is 46. The summed E-state index contributed by atoms with van der Waals surface area (Å²) in [6, 6.07) is -0.922. The van der Waals surface area contributed by atoms with Crippen molar-refractivity contribution in [1.29, 1.82) is 0 Å². The van der Waals surface area contributed by atoms with Crippen molar-refractivity contribution in [3.63, 3.8) is 0 Å². The largest absolute Gasteiger partial charge is 0.756 e. The standard InChI is InChI=1S/C57H99N2O6P/c1-6-8-10-12-14-16-18-20-22-24-25-26-27-28-29-30-31-32-33-35-37-39-41-43-45-47-49-51-57(61)58-55(54-65-66(62,63)64-53-52-59(3,4)5)56(60)50-48-46-44-42-40-38-36-34-23-21-19-17-15-13-11-9-7-2/h8,10,14,16,20,22,25-26,28-29,31-32,35,37,40,42,48,50,55-56,60H,6-7,9,11-13,15,17-19,21,23-24,27,30,33-34,36,38-39,41,43-47,49,51-54H2,1-5H3,(H-,58,61,62,63)/b10-8-,16-14-,22-20-,26-25-,29-28-,32-31-,37-35-,42-40+,50-48+. The van der Waals surface area contributed by atoms with Crippen LogP contribution in [-0.2, 0) is 18.4 Å². The van der Waals surface area contributed by atoms with Crippen molar-refractivity contribution in [3.05, 3.63) is 109 Å². The Labute approximate surface area is 406 Å². The summed E-state index contributed by atoms with van der Waals surface area (Å²) in [6.45, 7) is 4.48. The molecule has 0 aliphatic heterocycles. The van der Waals surface area contributed by atoms with Crippen LogP contribution in [0, 0.1) is 0 Å². The molecule has 3 unspecified atom stereocenters. The van der Waals surface area contributed by atoms with Crippen LogP contribution in [0.15, 0.2) is 109 Å². The number of phosphoric ester groups is 1. The number of aliphatic hydroxyl groups is 1. The molecule has 2 N–H and O–H groups in total. The molecular weight excluding hydrogens is 840 g/mol. The molecule has 378 valence electrons. The number of amides is 1. The van der Waals surface area contributed by atoms with Gasteiger partial charge in [0.15, 0.2) is 0 Å². The Balaban J connectivity index is 4.40. The van der Waals surface area contributed by atoms with Gasteiger partial charge >= 0.3 is 0 Å². The first-order valence-corrected chi connectivity index (χ1v) is 27.7. The van der Waals surface area contributed by atoms with E-state index in [1.807, 2.05) is 27.2 Å². The van der Waals surface area contributed by atoms with E-state index in [9.17, 15) is 19.4 Å². The zero-order valence-corrected chi connectivity index (χ0v) is 43.7. The summed E-state index contributed by atoms with van der Waals surface area (Å²) in [5, 5.41) is 13.8. The molecule has 0 aliphatic rings. The minimum atomic E-state index is -4.62. The van der Waals surface area contributed by atoms with Gasteiger partial charge in [0.25, 0.3) is 7.82 Å². The van der Waals surface area contributed by atoms with E-state index < -0.39 is 26.6 Å². The lowest BCUT2D eigenvalue weighted by atomic mass is 10.1. The van der Waals surface area contributed by atoms with Gasteiger partial charge in [0.2, 0.25) is 5.91 Å². The summed E-state index contributed by atoms with van der Waals surface area (Å²) in [4.78, 5) is 25.4. The maximum atomic E-state index is 12.9.